The number of halogens is 2. The van der Waals surface area contributed by atoms with Gasteiger partial charge in [-0.15, -0.1) is 0 Å². The molecule has 1 amide bonds. The fourth-order valence-electron chi connectivity index (χ4n) is 3.29. The fraction of sp³-hybridized carbons (Fsp3) is 0.0800. The van der Waals surface area contributed by atoms with Crippen molar-refractivity contribution in [1.82, 2.24) is 0 Å². The molecule has 1 aliphatic heterocycles. The Morgan fingerprint density at radius 1 is 1.06 bits per heavy atom. The minimum atomic E-state index is -0.967. The molecule has 0 aromatic heterocycles. The number of carboxylic acids is 1. The Morgan fingerprint density at radius 2 is 1.70 bits per heavy atom. The van der Waals surface area contributed by atoms with Crippen LogP contribution in [-0.2, 0) is 11.4 Å². The molecule has 1 heterocycles. The van der Waals surface area contributed by atoms with Crippen LogP contribution in [0.2, 0.25) is 0 Å². The molecule has 0 spiro atoms. The number of rotatable bonds is 6. The molecule has 4 rings (SSSR count). The first-order valence-electron chi connectivity index (χ1n) is 9.94. The molecule has 0 fully saturated rings. The maximum atomic E-state index is 12.9. The summed E-state index contributed by atoms with van der Waals surface area (Å²) in [5.74, 6) is -0.546. The van der Waals surface area contributed by atoms with Crippen LogP contribution in [0.25, 0.3) is 6.08 Å². The number of hydrazone groups is 1. The van der Waals surface area contributed by atoms with Crippen molar-refractivity contribution in [1.29, 1.82) is 0 Å². The van der Waals surface area contributed by atoms with E-state index in [1.54, 1.807) is 30.3 Å². The summed E-state index contributed by atoms with van der Waals surface area (Å²) in [6.07, 6.45) is 1.80. The van der Waals surface area contributed by atoms with Crippen LogP contribution in [0, 0.1) is 0 Å². The highest BCUT2D eigenvalue weighted by Gasteiger charge is 2.28. The maximum Gasteiger partial charge on any atom is 0.335 e. The van der Waals surface area contributed by atoms with E-state index in [4.69, 9.17) is 9.84 Å². The number of ether oxygens (including phenoxy) is 1. The summed E-state index contributed by atoms with van der Waals surface area (Å²) in [6.45, 7) is 2.08. The lowest BCUT2D eigenvalue weighted by atomic mass is 10.1. The number of amides is 1. The van der Waals surface area contributed by atoms with E-state index in [1.807, 2.05) is 49.4 Å². The van der Waals surface area contributed by atoms with Crippen LogP contribution in [-0.4, -0.2) is 22.7 Å². The third-order valence-electron chi connectivity index (χ3n) is 4.98. The largest absolute Gasteiger partial charge is 0.487 e. The van der Waals surface area contributed by atoms with Gasteiger partial charge in [0.05, 0.1) is 31.5 Å². The van der Waals surface area contributed by atoms with E-state index in [-0.39, 0.29) is 18.1 Å². The molecule has 0 aliphatic carbocycles. The number of nitrogens with zero attached hydrogens (tertiary/aromatic N) is 2. The summed E-state index contributed by atoms with van der Waals surface area (Å²) in [4.78, 5) is 23.9. The molecule has 0 saturated heterocycles. The quantitative estimate of drug-likeness (QED) is 0.354. The Balaban J connectivity index is 1.52. The zero-order valence-corrected chi connectivity index (χ0v) is 20.6. The van der Waals surface area contributed by atoms with Gasteiger partial charge < -0.3 is 9.84 Å². The molecule has 0 saturated carbocycles. The third kappa shape index (κ3) is 5.07. The van der Waals surface area contributed by atoms with Gasteiger partial charge in [0.15, 0.2) is 0 Å². The Labute approximate surface area is 207 Å². The summed E-state index contributed by atoms with van der Waals surface area (Å²) in [6, 6.07) is 19.6. The standard InChI is InChI=1S/C25H18Br2N2O4/c1-15-20(24(30)29(28-15)19-5-3-2-4-6-19)11-17-12-21(26)23(22(27)13-17)33-14-16-7-9-18(10-8-16)25(31)32/h2-13H,14H2,1H3,(H,31,32)/b20-11+. The first-order valence-corrected chi connectivity index (χ1v) is 11.5. The summed E-state index contributed by atoms with van der Waals surface area (Å²) >= 11 is 7.09. The van der Waals surface area contributed by atoms with Gasteiger partial charge in [-0.1, -0.05) is 30.3 Å². The zero-order valence-electron chi connectivity index (χ0n) is 17.5. The van der Waals surface area contributed by atoms with E-state index in [1.165, 1.54) is 5.01 Å². The Hall–Kier alpha value is -3.23. The van der Waals surface area contributed by atoms with E-state index >= 15 is 0 Å². The van der Waals surface area contributed by atoms with E-state index in [0.717, 1.165) is 11.1 Å². The summed E-state index contributed by atoms with van der Waals surface area (Å²) in [5, 5.41) is 14.8. The van der Waals surface area contributed by atoms with E-state index in [2.05, 4.69) is 37.0 Å². The van der Waals surface area contributed by atoms with Crippen LogP contribution in [0.4, 0.5) is 5.69 Å². The molecular weight excluding hydrogens is 552 g/mol. The Morgan fingerprint density at radius 3 is 2.30 bits per heavy atom. The zero-order chi connectivity index (χ0) is 23.5. The normalized spacial score (nSPS) is 14.5. The Kier molecular flexibility index (Phi) is 6.76. The summed E-state index contributed by atoms with van der Waals surface area (Å²) in [7, 11) is 0. The van der Waals surface area contributed by atoms with Gasteiger partial charge in [0.1, 0.15) is 12.4 Å². The minimum Gasteiger partial charge on any atom is -0.487 e. The third-order valence-corrected chi connectivity index (χ3v) is 6.16. The molecule has 0 atom stereocenters. The summed E-state index contributed by atoms with van der Waals surface area (Å²) < 4.78 is 7.36. The molecule has 1 N–H and O–H groups in total. The number of benzene rings is 3. The van der Waals surface area contributed by atoms with Crippen LogP contribution in [0.3, 0.4) is 0 Å². The minimum absolute atomic E-state index is 0.184. The first kappa shape index (κ1) is 22.9. The number of carboxylic acid groups (broad SMARTS) is 1. The lowest BCUT2D eigenvalue weighted by molar-refractivity contribution is -0.114. The van der Waals surface area contributed by atoms with E-state index in [9.17, 15) is 9.59 Å². The molecule has 0 bridgehead atoms. The van der Waals surface area contributed by atoms with Gasteiger partial charge in [0.2, 0.25) is 0 Å². The van der Waals surface area contributed by atoms with Crippen molar-refractivity contribution in [2.24, 2.45) is 5.10 Å². The Bertz CT molecular complexity index is 1260. The van der Waals surface area contributed by atoms with Gasteiger partial charge in [0, 0.05) is 0 Å². The van der Waals surface area contributed by atoms with Gasteiger partial charge in [-0.2, -0.15) is 10.1 Å². The number of carbonyl (C=O) groups excluding carboxylic acids is 1. The summed E-state index contributed by atoms with van der Waals surface area (Å²) in [5.41, 5.74) is 3.75. The van der Waals surface area contributed by atoms with Crippen molar-refractivity contribution in [2.75, 3.05) is 5.01 Å². The predicted molar refractivity (Wildman–Crippen MR) is 135 cm³/mol. The second-order valence-electron chi connectivity index (χ2n) is 7.30. The van der Waals surface area contributed by atoms with Crippen LogP contribution >= 0.6 is 31.9 Å². The second kappa shape index (κ2) is 9.72. The van der Waals surface area contributed by atoms with Gasteiger partial charge in [-0.05, 0) is 92.4 Å². The van der Waals surface area contributed by atoms with Crippen molar-refractivity contribution in [3.05, 3.63) is 97.9 Å². The van der Waals surface area contributed by atoms with E-state index in [0.29, 0.717) is 31.7 Å². The lowest BCUT2D eigenvalue weighted by Gasteiger charge is -2.12. The molecule has 0 unspecified atom stereocenters. The van der Waals surface area contributed by atoms with Gasteiger partial charge >= 0.3 is 5.97 Å². The predicted octanol–water partition coefficient (Wildman–Crippen LogP) is 6.29. The number of anilines is 1. The van der Waals surface area contributed by atoms with Crippen LogP contribution in [0.5, 0.6) is 5.75 Å². The van der Waals surface area contributed by atoms with Crippen molar-refractivity contribution in [3.8, 4) is 5.75 Å². The number of hydrogen-bond acceptors (Lipinski definition) is 4. The van der Waals surface area contributed by atoms with Crippen molar-refractivity contribution in [2.45, 2.75) is 13.5 Å². The van der Waals surface area contributed by atoms with Crippen molar-refractivity contribution >= 4 is 61.2 Å². The molecule has 8 heteroatoms. The smallest absolute Gasteiger partial charge is 0.335 e. The van der Waals surface area contributed by atoms with Gasteiger partial charge in [-0.3, -0.25) is 4.79 Å². The number of hydrogen-bond donors (Lipinski definition) is 1. The monoisotopic (exact) mass is 568 g/mol. The number of carbonyl (C=O) groups is 2. The van der Waals surface area contributed by atoms with Crippen LogP contribution in [0.15, 0.2) is 86.3 Å². The maximum absolute atomic E-state index is 12.9. The topological polar surface area (TPSA) is 79.2 Å². The van der Waals surface area contributed by atoms with Gasteiger partial charge in [-0.25, -0.2) is 4.79 Å². The lowest BCUT2D eigenvalue weighted by Crippen LogP contribution is -2.21. The van der Waals surface area contributed by atoms with Crippen molar-refractivity contribution < 1.29 is 19.4 Å². The molecule has 166 valence electrons. The second-order valence-corrected chi connectivity index (χ2v) is 9.01. The average Bonchev–Trinajstić information content (AvgIpc) is 3.08. The molecule has 6 nitrogen and oxygen atoms in total. The average molecular weight is 570 g/mol. The molecule has 0 radical (unpaired) electrons. The fourth-order valence-corrected chi connectivity index (χ4v) is 4.75. The first-order chi connectivity index (χ1) is 15.8. The highest BCUT2D eigenvalue weighted by Crippen LogP contribution is 2.36. The van der Waals surface area contributed by atoms with Crippen molar-refractivity contribution in [3.63, 3.8) is 0 Å². The SMILES string of the molecule is CC1=NN(c2ccccc2)C(=O)/C1=C/c1cc(Br)c(OCc2ccc(C(=O)O)cc2)c(Br)c1. The highest BCUT2D eigenvalue weighted by atomic mass is 79.9. The van der Waals surface area contributed by atoms with Crippen LogP contribution in [0.1, 0.15) is 28.4 Å². The molecule has 1 aliphatic rings. The molecule has 33 heavy (non-hydrogen) atoms. The molecule has 3 aromatic rings. The molecular formula is C25H18Br2N2O4. The van der Waals surface area contributed by atoms with Crippen LogP contribution < -0.4 is 9.75 Å². The number of para-hydroxylation sites is 1. The molecule has 3 aromatic carbocycles. The van der Waals surface area contributed by atoms with Gasteiger partial charge in [0.25, 0.3) is 5.91 Å². The number of aromatic carboxylic acids is 1. The van der Waals surface area contributed by atoms with E-state index < -0.39 is 5.97 Å². The highest BCUT2D eigenvalue weighted by molar-refractivity contribution is 9.11.